The minimum absolute atomic E-state index is 0.00721. The summed E-state index contributed by atoms with van der Waals surface area (Å²) < 4.78 is 20.9. The van der Waals surface area contributed by atoms with E-state index in [0.717, 1.165) is 6.42 Å². The van der Waals surface area contributed by atoms with Gasteiger partial charge in [0.25, 0.3) is 0 Å². The van der Waals surface area contributed by atoms with Crippen LogP contribution in [0.1, 0.15) is 75.7 Å². The normalized spacial score (nSPS) is 23.4. The van der Waals surface area contributed by atoms with E-state index in [4.69, 9.17) is 20.8 Å². The molecule has 1 saturated heterocycles. The fraction of sp³-hybridized carbons (Fsp3) is 0.900. The summed E-state index contributed by atoms with van der Waals surface area (Å²) in [5.74, 6) is 0. The van der Waals surface area contributed by atoms with Crippen LogP contribution in [-0.4, -0.2) is 37.7 Å². The third kappa shape index (κ3) is 4.75. The number of hydrogen-bond acceptors (Lipinski definition) is 3. The molecular formula is C20H41BO3Si2. The van der Waals surface area contributed by atoms with Crippen LogP contribution in [0.25, 0.3) is 0 Å². The highest BCUT2D eigenvalue weighted by molar-refractivity contribution is 6.83. The van der Waals surface area contributed by atoms with Gasteiger partial charge < -0.3 is 13.0 Å². The standard InChI is InChI=1S/C20H41BO3Si2/c1-14(2)19(13-21)20-11-12-22-25(15(3)4,16(5)6)24-26(23-20,17(7)8)18(9)10/h15-18,20H,11-13H2,1-10H3/t20-/m0/s1. The van der Waals surface area contributed by atoms with Gasteiger partial charge in [-0.2, -0.15) is 0 Å². The van der Waals surface area contributed by atoms with Crippen LogP contribution in [0.15, 0.2) is 11.1 Å². The van der Waals surface area contributed by atoms with Gasteiger partial charge in [-0.25, -0.2) is 0 Å². The molecule has 0 aliphatic carbocycles. The van der Waals surface area contributed by atoms with E-state index in [-0.39, 0.29) is 6.10 Å². The second-order valence-electron chi connectivity index (χ2n) is 9.14. The Morgan fingerprint density at radius 3 is 1.69 bits per heavy atom. The van der Waals surface area contributed by atoms with Crippen LogP contribution in [0.3, 0.4) is 0 Å². The van der Waals surface area contributed by atoms with Crippen LogP contribution in [0.4, 0.5) is 0 Å². The second kappa shape index (κ2) is 9.55. The Labute approximate surface area is 166 Å². The van der Waals surface area contributed by atoms with Gasteiger partial charge in [-0.15, -0.1) is 0 Å². The van der Waals surface area contributed by atoms with Crippen molar-refractivity contribution in [2.75, 3.05) is 6.61 Å². The summed E-state index contributed by atoms with van der Waals surface area (Å²) >= 11 is 0. The molecule has 1 heterocycles. The van der Waals surface area contributed by atoms with Gasteiger partial charge in [0, 0.05) is 6.61 Å². The van der Waals surface area contributed by atoms with Gasteiger partial charge in [-0.3, -0.25) is 0 Å². The summed E-state index contributed by atoms with van der Waals surface area (Å²) in [5.41, 5.74) is 3.96. The molecule has 1 rings (SSSR count). The largest absolute Gasteiger partial charge is 0.414 e. The summed E-state index contributed by atoms with van der Waals surface area (Å²) in [7, 11) is 1.17. The van der Waals surface area contributed by atoms with Crippen molar-refractivity contribution in [3.8, 4) is 0 Å². The van der Waals surface area contributed by atoms with Crippen molar-refractivity contribution in [1.29, 1.82) is 0 Å². The van der Waals surface area contributed by atoms with Gasteiger partial charge >= 0.3 is 17.1 Å². The van der Waals surface area contributed by atoms with Crippen LogP contribution in [0, 0.1) is 0 Å². The minimum Gasteiger partial charge on any atom is -0.414 e. The molecule has 1 aliphatic heterocycles. The quantitative estimate of drug-likeness (QED) is 0.392. The molecule has 0 aromatic carbocycles. The average Bonchev–Trinajstić information content (AvgIpc) is 2.48. The van der Waals surface area contributed by atoms with Crippen molar-refractivity contribution in [2.24, 2.45) is 0 Å². The highest BCUT2D eigenvalue weighted by Crippen LogP contribution is 2.46. The summed E-state index contributed by atoms with van der Waals surface area (Å²) in [6, 6.07) is 0. The van der Waals surface area contributed by atoms with E-state index in [1.54, 1.807) is 0 Å². The molecule has 0 aromatic heterocycles. The monoisotopic (exact) mass is 396 g/mol. The molecule has 0 unspecified atom stereocenters. The lowest BCUT2D eigenvalue weighted by molar-refractivity contribution is 0.0824. The Morgan fingerprint density at radius 2 is 1.35 bits per heavy atom. The smallest absolute Gasteiger partial charge is 0.335 e. The molecule has 0 spiro atoms. The lowest BCUT2D eigenvalue weighted by atomic mass is 9.89. The first-order chi connectivity index (χ1) is 11.9. The van der Waals surface area contributed by atoms with E-state index in [9.17, 15) is 0 Å². The third-order valence-corrected chi connectivity index (χ3v) is 16.1. The summed E-state index contributed by atoms with van der Waals surface area (Å²) in [5, 5.41) is 0. The average molecular weight is 397 g/mol. The van der Waals surface area contributed by atoms with Crippen molar-refractivity contribution in [3.05, 3.63) is 11.1 Å². The zero-order chi connectivity index (χ0) is 20.3. The Bertz CT molecular complexity index is 469. The fourth-order valence-electron chi connectivity index (χ4n) is 4.22. The van der Waals surface area contributed by atoms with E-state index in [0.29, 0.717) is 35.1 Å². The first-order valence-electron chi connectivity index (χ1n) is 10.3. The van der Waals surface area contributed by atoms with Crippen LogP contribution >= 0.6 is 0 Å². The summed E-state index contributed by atoms with van der Waals surface area (Å²) in [6.07, 6.45) is 1.40. The molecular weight excluding hydrogens is 355 g/mol. The minimum atomic E-state index is -2.52. The van der Waals surface area contributed by atoms with Crippen molar-refractivity contribution < 1.29 is 13.0 Å². The summed E-state index contributed by atoms with van der Waals surface area (Å²) in [6.45, 7) is 23.0. The Kier molecular flexibility index (Phi) is 8.87. The van der Waals surface area contributed by atoms with Crippen LogP contribution in [0.2, 0.25) is 28.5 Å². The fourth-order valence-corrected chi connectivity index (χ4v) is 15.4. The molecule has 0 bridgehead atoms. The molecule has 2 radical (unpaired) electrons. The third-order valence-electron chi connectivity index (χ3n) is 5.82. The van der Waals surface area contributed by atoms with Gasteiger partial charge in [0.15, 0.2) is 0 Å². The Balaban J connectivity index is 3.49. The maximum atomic E-state index is 7.19. The number of allylic oxidation sites excluding steroid dienone is 1. The van der Waals surface area contributed by atoms with Crippen molar-refractivity contribution in [3.63, 3.8) is 0 Å². The van der Waals surface area contributed by atoms with Gasteiger partial charge in [0.1, 0.15) is 0 Å². The van der Waals surface area contributed by atoms with Gasteiger partial charge in [-0.1, -0.05) is 72.9 Å². The second-order valence-corrected chi connectivity index (χ2v) is 18.0. The first kappa shape index (κ1) is 24.2. The van der Waals surface area contributed by atoms with E-state index in [1.165, 1.54) is 11.1 Å². The van der Waals surface area contributed by atoms with Crippen molar-refractivity contribution in [1.82, 2.24) is 0 Å². The van der Waals surface area contributed by atoms with E-state index < -0.39 is 17.1 Å². The van der Waals surface area contributed by atoms with Gasteiger partial charge in [0.05, 0.1) is 14.0 Å². The predicted octanol–water partition coefficient (Wildman–Crippen LogP) is 6.26. The maximum absolute atomic E-state index is 7.19. The number of hydrogen-bond donors (Lipinski definition) is 0. The lowest BCUT2D eigenvalue weighted by Crippen LogP contribution is -2.63. The molecule has 0 saturated carbocycles. The molecule has 1 atom stereocenters. The zero-order valence-corrected chi connectivity index (χ0v) is 20.8. The lowest BCUT2D eigenvalue weighted by Gasteiger charge is -2.51. The molecule has 150 valence electrons. The maximum Gasteiger partial charge on any atom is 0.335 e. The predicted molar refractivity (Wildman–Crippen MR) is 117 cm³/mol. The molecule has 26 heavy (non-hydrogen) atoms. The molecule has 1 fully saturated rings. The van der Waals surface area contributed by atoms with Crippen molar-refractivity contribution in [2.45, 2.75) is 110 Å². The van der Waals surface area contributed by atoms with Gasteiger partial charge in [0.2, 0.25) is 0 Å². The molecule has 0 N–H and O–H groups in total. The van der Waals surface area contributed by atoms with E-state index >= 15 is 0 Å². The molecule has 6 heteroatoms. The first-order valence-corrected chi connectivity index (χ1v) is 14.3. The van der Waals surface area contributed by atoms with Crippen LogP contribution in [-0.2, 0) is 13.0 Å². The molecule has 0 amide bonds. The van der Waals surface area contributed by atoms with E-state index in [1.807, 2.05) is 0 Å². The Hall–Kier alpha value is 0.119. The van der Waals surface area contributed by atoms with Crippen LogP contribution < -0.4 is 0 Å². The number of rotatable bonds is 6. The topological polar surface area (TPSA) is 27.7 Å². The zero-order valence-electron chi connectivity index (χ0n) is 18.8. The SMILES string of the molecule is [B]CC(=C(C)C)[C@@H]1CCO[Si](C(C)C)(C(C)C)O[Si](C(C)C)(C(C)C)O1. The summed E-state index contributed by atoms with van der Waals surface area (Å²) in [4.78, 5) is 0. The Morgan fingerprint density at radius 1 is 0.885 bits per heavy atom. The molecule has 1 aliphatic rings. The highest BCUT2D eigenvalue weighted by Gasteiger charge is 2.57. The highest BCUT2D eigenvalue weighted by atomic mass is 28.5. The molecule has 0 aromatic rings. The van der Waals surface area contributed by atoms with Crippen molar-refractivity contribution >= 4 is 25.0 Å². The van der Waals surface area contributed by atoms with Crippen LogP contribution in [0.5, 0.6) is 0 Å². The van der Waals surface area contributed by atoms with Gasteiger partial charge in [-0.05, 0) is 42.4 Å². The van der Waals surface area contributed by atoms with E-state index in [2.05, 4.69) is 69.2 Å². The molecule has 3 nitrogen and oxygen atoms in total.